The molecule has 0 spiro atoms. The summed E-state index contributed by atoms with van der Waals surface area (Å²) < 4.78 is 1.47. The lowest BCUT2D eigenvalue weighted by atomic mass is 9.78. The third-order valence-electron chi connectivity index (χ3n) is 4.59. The van der Waals surface area contributed by atoms with Crippen LogP contribution in [-0.2, 0) is 11.8 Å². The van der Waals surface area contributed by atoms with Gasteiger partial charge in [-0.15, -0.1) is 0 Å². The number of aromatic nitrogens is 2. The van der Waals surface area contributed by atoms with Gasteiger partial charge in [-0.05, 0) is 24.7 Å². The highest BCUT2D eigenvalue weighted by Crippen LogP contribution is 2.33. The Labute approximate surface area is 126 Å². The number of carbonyl (C=O) groups is 1. The molecule has 1 N–H and O–H groups in total. The molecule has 1 fully saturated rings. The van der Waals surface area contributed by atoms with Crippen molar-refractivity contribution in [3.8, 4) is 6.07 Å². The molecule has 0 saturated heterocycles. The van der Waals surface area contributed by atoms with Crippen LogP contribution in [0, 0.1) is 23.2 Å². The van der Waals surface area contributed by atoms with Crippen LogP contribution in [0.1, 0.15) is 57.6 Å². The number of nitrogens with zero attached hydrogens (tertiary/aromatic N) is 3. The molecular weight excluding hydrogens is 264 g/mol. The monoisotopic (exact) mass is 288 g/mol. The van der Waals surface area contributed by atoms with E-state index in [1.165, 1.54) is 36.6 Å². The third kappa shape index (κ3) is 4.07. The van der Waals surface area contributed by atoms with E-state index in [0.29, 0.717) is 17.8 Å². The average Bonchev–Trinajstić information content (AvgIpc) is 2.81. The van der Waals surface area contributed by atoms with Gasteiger partial charge in [0, 0.05) is 13.5 Å². The molecule has 0 aliphatic heterocycles. The highest BCUT2D eigenvalue weighted by molar-refractivity contribution is 5.91. The summed E-state index contributed by atoms with van der Waals surface area (Å²) in [7, 11) is 1.69. The van der Waals surface area contributed by atoms with E-state index in [9.17, 15) is 4.79 Å². The van der Waals surface area contributed by atoms with Crippen molar-refractivity contribution >= 4 is 11.6 Å². The van der Waals surface area contributed by atoms with Gasteiger partial charge < -0.3 is 5.32 Å². The number of hydrogen-bond acceptors (Lipinski definition) is 3. The van der Waals surface area contributed by atoms with Crippen molar-refractivity contribution in [1.82, 2.24) is 9.78 Å². The highest BCUT2D eigenvalue weighted by Gasteiger charge is 2.21. The van der Waals surface area contributed by atoms with Gasteiger partial charge in [0.2, 0.25) is 5.91 Å². The van der Waals surface area contributed by atoms with Crippen molar-refractivity contribution < 1.29 is 4.79 Å². The standard InChI is InChI=1S/C16H24N4O/c1-12-6-3-4-7-13(12)8-5-9-16(21)19-14-11-18-20(2)15(14)10-17/h11-13H,3-9H2,1-2H3,(H,19,21). The van der Waals surface area contributed by atoms with Gasteiger partial charge in [0.15, 0.2) is 5.69 Å². The van der Waals surface area contributed by atoms with Crippen LogP contribution in [-0.4, -0.2) is 15.7 Å². The quantitative estimate of drug-likeness (QED) is 0.904. The fourth-order valence-corrected chi connectivity index (χ4v) is 3.22. The maximum Gasteiger partial charge on any atom is 0.224 e. The lowest BCUT2D eigenvalue weighted by Crippen LogP contribution is -2.18. The van der Waals surface area contributed by atoms with Gasteiger partial charge in [-0.2, -0.15) is 10.4 Å². The zero-order chi connectivity index (χ0) is 15.2. The zero-order valence-corrected chi connectivity index (χ0v) is 12.9. The lowest BCUT2D eigenvalue weighted by Gasteiger charge is -2.28. The van der Waals surface area contributed by atoms with E-state index in [4.69, 9.17) is 5.26 Å². The largest absolute Gasteiger partial charge is 0.322 e. The van der Waals surface area contributed by atoms with Crippen molar-refractivity contribution in [2.24, 2.45) is 18.9 Å². The summed E-state index contributed by atoms with van der Waals surface area (Å²) in [5, 5.41) is 15.8. The molecule has 1 saturated carbocycles. The van der Waals surface area contributed by atoms with Gasteiger partial charge >= 0.3 is 0 Å². The molecule has 1 aliphatic rings. The van der Waals surface area contributed by atoms with Gasteiger partial charge in [0.1, 0.15) is 6.07 Å². The molecule has 2 unspecified atom stereocenters. The molecule has 21 heavy (non-hydrogen) atoms. The first kappa shape index (κ1) is 15.6. The van der Waals surface area contributed by atoms with E-state index in [2.05, 4.69) is 17.3 Å². The predicted molar refractivity (Wildman–Crippen MR) is 81.5 cm³/mol. The first-order valence-electron chi connectivity index (χ1n) is 7.83. The predicted octanol–water partition coefficient (Wildman–Crippen LogP) is 3.23. The number of aryl methyl sites for hydroxylation is 1. The van der Waals surface area contributed by atoms with E-state index in [-0.39, 0.29) is 5.91 Å². The number of hydrogen-bond donors (Lipinski definition) is 1. The van der Waals surface area contributed by atoms with Gasteiger partial charge in [-0.25, -0.2) is 0 Å². The molecule has 5 heteroatoms. The highest BCUT2D eigenvalue weighted by atomic mass is 16.1. The van der Waals surface area contributed by atoms with Crippen LogP contribution in [0.25, 0.3) is 0 Å². The summed E-state index contributed by atoms with van der Waals surface area (Å²) in [4.78, 5) is 12.0. The van der Waals surface area contributed by atoms with Crippen LogP contribution in [0.4, 0.5) is 5.69 Å². The van der Waals surface area contributed by atoms with Crippen LogP contribution in [0.3, 0.4) is 0 Å². The van der Waals surface area contributed by atoms with Gasteiger partial charge in [-0.1, -0.05) is 32.6 Å². The van der Waals surface area contributed by atoms with E-state index in [0.717, 1.165) is 24.7 Å². The molecule has 1 aromatic heterocycles. The van der Waals surface area contributed by atoms with Crippen molar-refractivity contribution in [3.63, 3.8) is 0 Å². The topological polar surface area (TPSA) is 70.7 Å². The van der Waals surface area contributed by atoms with Crippen molar-refractivity contribution in [3.05, 3.63) is 11.9 Å². The Morgan fingerprint density at radius 1 is 1.52 bits per heavy atom. The minimum absolute atomic E-state index is 0.0250. The Hall–Kier alpha value is -1.83. The SMILES string of the molecule is CC1CCCCC1CCCC(=O)Nc1cnn(C)c1C#N. The third-order valence-corrected chi connectivity index (χ3v) is 4.59. The van der Waals surface area contributed by atoms with E-state index >= 15 is 0 Å². The number of carbonyl (C=O) groups excluding carboxylic acids is 1. The Kier molecular flexibility index (Phi) is 5.38. The number of nitriles is 1. The number of amides is 1. The summed E-state index contributed by atoms with van der Waals surface area (Å²) in [5.41, 5.74) is 0.903. The Bertz CT molecular complexity index is 529. The molecule has 0 aromatic carbocycles. The molecule has 1 amide bonds. The number of rotatable bonds is 5. The van der Waals surface area contributed by atoms with Crippen molar-refractivity contribution in [2.75, 3.05) is 5.32 Å². The second kappa shape index (κ2) is 7.26. The molecule has 1 aromatic rings. The molecule has 5 nitrogen and oxygen atoms in total. The van der Waals surface area contributed by atoms with Gasteiger partial charge in [-0.3, -0.25) is 9.48 Å². The normalized spacial score (nSPS) is 21.8. The molecule has 0 bridgehead atoms. The second-order valence-electron chi connectivity index (χ2n) is 6.10. The summed E-state index contributed by atoms with van der Waals surface area (Å²) >= 11 is 0. The van der Waals surface area contributed by atoms with Crippen molar-refractivity contribution in [1.29, 1.82) is 5.26 Å². The van der Waals surface area contributed by atoms with E-state index in [1.54, 1.807) is 7.05 Å². The first-order valence-corrected chi connectivity index (χ1v) is 7.83. The van der Waals surface area contributed by atoms with Crippen LogP contribution in [0.15, 0.2) is 6.20 Å². The fourth-order valence-electron chi connectivity index (χ4n) is 3.22. The second-order valence-corrected chi connectivity index (χ2v) is 6.10. The summed E-state index contributed by atoms with van der Waals surface area (Å²) in [6, 6.07) is 2.05. The van der Waals surface area contributed by atoms with E-state index in [1.807, 2.05) is 6.07 Å². The molecule has 1 aliphatic carbocycles. The fraction of sp³-hybridized carbons (Fsp3) is 0.688. The maximum absolute atomic E-state index is 12.0. The number of anilines is 1. The molecule has 2 rings (SSSR count). The molecular formula is C16H24N4O. The Morgan fingerprint density at radius 2 is 2.29 bits per heavy atom. The Balaban J connectivity index is 1.76. The average molecular weight is 288 g/mol. The maximum atomic E-state index is 12.0. The smallest absolute Gasteiger partial charge is 0.224 e. The molecule has 0 radical (unpaired) electrons. The summed E-state index contributed by atoms with van der Waals surface area (Å²) in [6.45, 7) is 2.33. The van der Waals surface area contributed by atoms with Crippen LogP contribution in [0.2, 0.25) is 0 Å². The van der Waals surface area contributed by atoms with E-state index < -0.39 is 0 Å². The first-order chi connectivity index (χ1) is 10.1. The van der Waals surface area contributed by atoms with Crippen LogP contribution < -0.4 is 5.32 Å². The minimum atomic E-state index is -0.0250. The lowest BCUT2D eigenvalue weighted by molar-refractivity contribution is -0.116. The van der Waals surface area contributed by atoms with Gasteiger partial charge in [0.25, 0.3) is 0 Å². The van der Waals surface area contributed by atoms with Crippen LogP contribution >= 0.6 is 0 Å². The van der Waals surface area contributed by atoms with Crippen molar-refractivity contribution in [2.45, 2.75) is 51.9 Å². The Morgan fingerprint density at radius 3 is 3.00 bits per heavy atom. The summed E-state index contributed by atoms with van der Waals surface area (Å²) in [5.74, 6) is 1.55. The van der Waals surface area contributed by atoms with Gasteiger partial charge in [0.05, 0.1) is 11.9 Å². The molecule has 1 heterocycles. The molecule has 2 atom stereocenters. The zero-order valence-electron chi connectivity index (χ0n) is 12.9. The van der Waals surface area contributed by atoms with Crippen LogP contribution in [0.5, 0.6) is 0 Å². The minimum Gasteiger partial charge on any atom is -0.322 e. The summed E-state index contributed by atoms with van der Waals surface area (Å²) in [6.07, 6.45) is 9.43. The number of nitrogens with one attached hydrogen (secondary N) is 1. The molecule has 114 valence electrons.